The van der Waals surface area contributed by atoms with Crippen LogP contribution in [0.1, 0.15) is 19.4 Å². The molecule has 1 aromatic rings. The number of esters is 1. The lowest BCUT2D eigenvalue weighted by Crippen LogP contribution is -2.09. The van der Waals surface area contributed by atoms with E-state index in [1.807, 2.05) is 36.4 Å². The lowest BCUT2D eigenvalue weighted by molar-refractivity contribution is -0.139. The molecule has 0 bridgehead atoms. The van der Waals surface area contributed by atoms with Crippen LogP contribution >= 0.6 is 0 Å². The maximum atomic E-state index is 10.7. The molecule has 0 aromatic heterocycles. The number of hydrogen-bond acceptors (Lipinski definition) is 4. The normalized spacial score (nSPS) is 16.1. The summed E-state index contributed by atoms with van der Waals surface area (Å²) in [5, 5.41) is 8.58. The van der Waals surface area contributed by atoms with E-state index in [9.17, 15) is 9.59 Å². The summed E-state index contributed by atoms with van der Waals surface area (Å²) in [6, 6.07) is 9.73. The highest BCUT2D eigenvalue weighted by molar-refractivity contribution is 5.87. The minimum absolute atomic E-state index is 0.142. The highest BCUT2D eigenvalue weighted by atomic mass is 16.6. The van der Waals surface area contributed by atoms with Gasteiger partial charge in [0, 0.05) is 11.1 Å². The first-order chi connectivity index (χ1) is 11.4. The third-order valence-corrected chi connectivity index (χ3v) is 2.92. The van der Waals surface area contributed by atoms with Gasteiger partial charge in [0.05, 0.1) is 6.61 Å². The van der Waals surface area contributed by atoms with E-state index in [1.165, 1.54) is 0 Å². The molecule has 0 spiro atoms. The number of rotatable bonds is 6. The summed E-state index contributed by atoms with van der Waals surface area (Å²) in [7, 11) is 0. The second kappa shape index (κ2) is 10.2. The molecule has 5 nitrogen and oxygen atoms in total. The van der Waals surface area contributed by atoms with Crippen molar-refractivity contribution in [3.8, 4) is 0 Å². The number of benzene rings is 1. The molecular weight excluding hydrogens is 308 g/mol. The molecule has 1 saturated heterocycles. The largest absolute Gasteiger partial charge is 0.478 e. The molecule has 1 heterocycles. The molecule has 0 aliphatic carbocycles. The zero-order valence-electron chi connectivity index (χ0n) is 13.9. The van der Waals surface area contributed by atoms with Crippen molar-refractivity contribution in [2.24, 2.45) is 0 Å². The number of allylic oxidation sites excluding steroid dienone is 2. The topological polar surface area (TPSA) is 76.1 Å². The molecule has 24 heavy (non-hydrogen) atoms. The highest BCUT2D eigenvalue weighted by Gasteiger charge is 2.24. The number of carbonyl (C=O) groups is 2. The van der Waals surface area contributed by atoms with Gasteiger partial charge >= 0.3 is 11.9 Å². The molecule has 5 heteroatoms. The van der Waals surface area contributed by atoms with Crippen molar-refractivity contribution in [1.82, 2.24) is 0 Å². The van der Waals surface area contributed by atoms with Gasteiger partial charge in [0.25, 0.3) is 0 Å². The van der Waals surface area contributed by atoms with Crippen molar-refractivity contribution in [2.45, 2.75) is 20.0 Å². The Morgan fingerprint density at radius 3 is 2.46 bits per heavy atom. The molecule has 2 rings (SSSR count). The predicted octanol–water partition coefficient (Wildman–Crippen LogP) is 3.24. The third-order valence-electron chi connectivity index (χ3n) is 2.92. The molecule has 1 atom stereocenters. The van der Waals surface area contributed by atoms with E-state index >= 15 is 0 Å². The van der Waals surface area contributed by atoms with Crippen molar-refractivity contribution >= 4 is 18.0 Å². The third kappa shape index (κ3) is 8.70. The number of carbonyl (C=O) groups excluding carboxylic acids is 1. The van der Waals surface area contributed by atoms with Crippen molar-refractivity contribution in [1.29, 1.82) is 0 Å². The smallest absolute Gasteiger partial charge is 0.333 e. The van der Waals surface area contributed by atoms with Crippen LogP contribution in [0.2, 0.25) is 0 Å². The summed E-state index contributed by atoms with van der Waals surface area (Å²) in [6.07, 6.45) is 5.32. The molecule has 0 amide bonds. The van der Waals surface area contributed by atoms with Gasteiger partial charge in [-0.05, 0) is 19.4 Å². The average molecular weight is 330 g/mol. The molecular formula is C19H22O5. The van der Waals surface area contributed by atoms with Crippen molar-refractivity contribution in [3.05, 3.63) is 65.8 Å². The Balaban J connectivity index is 0.000000254. The zero-order chi connectivity index (χ0) is 17.9. The monoisotopic (exact) mass is 330 g/mol. The van der Waals surface area contributed by atoms with Gasteiger partial charge in [0.15, 0.2) is 0 Å². The summed E-state index contributed by atoms with van der Waals surface area (Å²) < 4.78 is 9.60. The van der Waals surface area contributed by atoms with E-state index in [0.29, 0.717) is 24.4 Å². The van der Waals surface area contributed by atoms with Crippen LogP contribution in [0.25, 0.3) is 6.08 Å². The van der Waals surface area contributed by atoms with E-state index in [2.05, 4.69) is 6.58 Å². The summed E-state index contributed by atoms with van der Waals surface area (Å²) in [5.41, 5.74) is 1.82. The molecule has 0 radical (unpaired) electrons. The Morgan fingerprint density at radius 1 is 1.33 bits per heavy atom. The average Bonchev–Trinajstić information content (AvgIpc) is 3.38. The van der Waals surface area contributed by atoms with E-state index in [-0.39, 0.29) is 12.1 Å². The SMILES string of the molecule is C=C(C)C(=O)OCC1CO1.CC(=CC=Cc1ccccc1)C(=O)O. The summed E-state index contributed by atoms with van der Waals surface area (Å²) >= 11 is 0. The number of aliphatic carboxylic acids is 1. The Hall–Kier alpha value is -2.66. The number of carboxylic acids is 1. The van der Waals surface area contributed by atoms with Gasteiger partial charge in [0.2, 0.25) is 0 Å². The predicted molar refractivity (Wildman–Crippen MR) is 92.4 cm³/mol. The molecule has 0 saturated carbocycles. The standard InChI is InChI=1S/C12H12O2.C7H10O3/c1-10(12(13)14)6-5-9-11-7-3-2-4-8-11;1-5(2)7(8)10-4-6-3-9-6/h2-9H,1H3,(H,13,14);6H,1,3-4H2,2H3. The van der Waals surface area contributed by atoms with E-state index in [4.69, 9.17) is 14.6 Å². The second-order valence-electron chi connectivity index (χ2n) is 5.26. The van der Waals surface area contributed by atoms with Crippen LogP contribution < -0.4 is 0 Å². The molecule has 1 aliphatic heterocycles. The first kappa shape index (κ1) is 19.4. The molecule has 1 aromatic carbocycles. The number of carboxylic acid groups (broad SMARTS) is 1. The lowest BCUT2D eigenvalue weighted by Gasteiger charge is -1.99. The van der Waals surface area contributed by atoms with Crippen molar-refractivity contribution in [2.75, 3.05) is 13.2 Å². The van der Waals surface area contributed by atoms with Crippen LogP contribution in [0, 0.1) is 0 Å². The van der Waals surface area contributed by atoms with Gasteiger partial charge in [-0.3, -0.25) is 0 Å². The first-order valence-electron chi connectivity index (χ1n) is 7.47. The fourth-order valence-electron chi connectivity index (χ4n) is 1.40. The molecule has 1 N–H and O–H groups in total. The summed E-state index contributed by atoms with van der Waals surface area (Å²) in [5.74, 6) is -1.22. The second-order valence-corrected chi connectivity index (χ2v) is 5.26. The van der Waals surface area contributed by atoms with E-state index < -0.39 is 5.97 Å². The van der Waals surface area contributed by atoms with Crippen LogP contribution in [0.3, 0.4) is 0 Å². The Kier molecular flexibility index (Phi) is 8.22. The Bertz CT molecular complexity index is 624. The number of hydrogen-bond donors (Lipinski definition) is 1. The maximum Gasteiger partial charge on any atom is 0.333 e. The van der Waals surface area contributed by atoms with Gasteiger partial charge in [0.1, 0.15) is 12.7 Å². The molecule has 128 valence electrons. The minimum atomic E-state index is -0.886. The van der Waals surface area contributed by atoms with Crippen molar-refractivity contribution < 1.29 is 24.2 Å². The lowest BCUT2D eigenvalue weighted by atomic mass is 10.2. The van der Waals surface area contributed by atoms with Crippen LogP contribution in [0.5, 0.6) is 0 Å². The Morgan fingerprint density at radius 2 is 1.96 bits per heavy atom. The van der Waals surface area contributed by atoms with Crippen LogP contribution in [-0.4, -0.2) is 36.4 Å². The highest BCUT2D eigenvalue weighted by Crippen LogP contribution is 2.09. The molecule has 1 fully saturated rings. The van der Waals surface area contributed by atoms with Gasteiger partial charge in [-0.1, -0.05) is 55.1 Å². The fourth-order valence-corrected chi connectivity index (χ4v) is 1.40. The Labute approximate surface area is 141 Å². The van der Waals surface area contributed by atoms with E-state index in [0.717, 1.165) is 5.56 Å². The zero-order valence-corrected chi connectivity index (χ0v) is 13.9. The van der Waals surface area contributed by atoms with Gasteiger partial charge < -0.3 is 14.6 Å². The molecule has 1 unspecified atom stereocenters. The van der Waals surface area contributed by atoms with E-state index in [1.54, 1.807) is 26.0 Å². The number of ether oxygens (including phenoxy) is 2. The van der Waals surface area contributed by atoms with Crippen molar-refractivity contribution in [3.63, 3.8) is 0 Å². The summed E-state index contributed by atoms with van der Waals surface area (Å²) in [4.78, 5) is 21.1. The summed E-state index contributed by atoms with van der Waals surface area (Å²) in [6.45, 7) is 7.70. The maximum absolute atomic E-state index is 10.7. The van der Waals surface area contributed by atoms with Gasteiger partial charge in [-0.25, -0.2) is 9.59 Å². The van der Waals surface area contributed by atoms with Crippen LogP contribution in [-0.2, 0) is 19.1 Å². The first-order valence-corrected chi connectivity index (χ1v) is 7.47. The number of epoxide rings is 1. The van der Waals surface area contributed by atoms with Gasteiger partial charge in [-0.15, -0.1) is 0 Å². The quantitative estimate of drug-likeness (QED) is 0.375. The van der Waals surface area contributed by atoms with Gasteiger partial charge in [-0.2, -0.15) is 0 Å². The molecule has 1 aliphatic rings. The minimum Gasteiger partial charge on any atom is -0.478 e. The van der Waals surface area contributed by atoms with Crippen LogP contribution in [0.4, 0.5) is 0 Å². The fraction of sp³-hybridized carbons (Fsp3) is 0.263. The van der Waals surface area contributed by atoms with Crippen LogP contribution in [0.15, 0.2) is 60.2 Å².